The van der Waals surface area contributed by atoms with Gasteiger partial charge in [0, 0.05) is 21.9 Å². The van der Waals surface area contributed by atoms with Crippen LogP contribution in [-0.4, -0.2) is 31.9 Å². The number of thiocarbonyl (C=S) groups is 1. The van der Waals surface area contributed by atoms with Gasteiger partial charge >= 0.3 is 0 Å². The molecular formula is C26H23BrN4O4S2. The lowest BCUT2D eigenvalue weighted by Gasteiger charge is -2.27. The van der Waals surface area contributed by atoms with Crippen molar-refractivity contribution in [3.8, 4) is 17.1 Å². The zero-order valence-electron chi connectivity index (χ0n) is 19.9. The molecule has 4 aromatic rings. The zero-order valence-corrected chi connectivity index (χ0v) is 23.1. The SMILES string of the molecule is COc1ccc(N2C(=S)N[C@H](c3ccccn3)[C@H]2c2ccc(-c3ccc(Br)cc3)o2)cc1NS(C)(=O)=O. The van der Waals surface area contributed by atoms with Gasteiger partial charge in [-0.15, -0.1) is 0 Å². The molecule has 0 amide bonds. The highest BCUT2D eigenvalue weighted by atomic mass is 79.9. The standard InChI is InChI=1S/C26H23BrN4O4S2/c1-34-22-11-10-18(15-20(22)30-37(2,32)33)31-25(24(29-26(31)36)19-5-3-4-14-28-19)23-13-12-21(35-23)16-6-8-17(27)9-7-16/h3-15,24-25,30H,1-2H3,(H,29,36)/t24-,25-/m1/s1. The molecule has 2 aromatic heterocycles. The van der Waals surface area contributed by atoms with Crippen LogP contribution in [0.1, 0.15) is 23.5 Å². The van der Waals surface area contributed by atoms with Crippen LogP contribution >= 0.6 is 28.1 Å². The predicted octanol–water partition coefficient (Wildman–Crippen LogP) is 5.66. The quantitative estimate of drug-likeness (QED) is 0.263. The number of aromatic nitrogens is 1. The highest BCUT2D eigenvalue weighted by molar-refractivity contribution is 9.10. The van der Waals surface area contributed by atoms with Crippen molar-refractivity contribution in [1.29, 1.82) is 0 Å². The van der Waals surface area contributed by atoms with E-state index in [0.29, 0.717) is 33.8 Å². The fourth-order valence-corrected chi connectivity index (χ4v) is 5.50. The van der Waals surface area contributed by atoms with Crippen molar-refractivity contribution in [2.45, 2.75) is 12.1 Å². The predicted molar refractivity (Wildman–Crippen MR) is 151 cm³/mol. The van der Waals surface area contributed by atoms with Crippen LogP contribution in [0.15, 0.2) is 87.9 Å². The maximum absolute atomic E-state index is 12.0. The number of methoxy groups -OCH3 is 1. The van der Waals surface area contributed by atoms with Gasteiger partial charge in [-0.3, -0.25) is 9.71 Å². The summed E-state index contributed by atoms with van der Waals surface area (Å²) in [6, 6.07) is 21.9. The summed E-state index contributed by atoms with van der Waals surface area (Å²) in [5.74, 6) is 1.78. The Kier molecular flexibility index (Phi) is 6.93. The van der Waals surface area contributed by atoms with Gasteiger partial charge in [-0.25, -0.2) is 8.42 Å². The summed E-state index contributed by atoms with van der Waals surface area (Å²) in [4.78, 5) is 6.47. The molecule has 1 aliphatic heterocycles. The summed E-state index contributed by atoms with van der Waals surface area (Å²) in [6.45, 7) is 0. The molecule has 3 heterocycles. The molecule has 2 atom stereocenters. The maximum atomic E-state index is 12.0. The van der Waals surface area contributed by atoms with Crippen LogP contribution in [0.3, 0.4) is 0 Å². The zero-order chi connectivity index (χ0) is 26.2. The van der Waals surface area contributed by atoms with Crippen molar-refractivity contribution in [2.75, 3.05) is 23.0 Å². The molecule has 2 N–H and O–H groups in total. The third kappa shape index (κ3) is 5.34. The van der Waals surface area contributed by atoms with E-state index in [1.54, 1.807) is 18.3 Å². The smallest absolute Gasteiger partial charge is 0.229 e. The van der Waals surface area contributed by atoms with Gasteiger partial charge in [0.2, 0.25) is 10.0 Å². The number of rotatable bonds is 7. The first-order valence-electron chi connectivity index (χ1n) is 11.3. The van der Waals surface area contributed by atoms with Gasteiger partial charge in [-0.05, 0) is 66.8 Å². The third-order valence-electron chi connectivity index (χ3n) is 5.90. The van der Waals surface area contributed by atoms with E-state index in [-0.39, 0.29) is 6.04 Å². The average molecular weight is 600 g/mol. The molecule has 0 bridgehead atoms. The van der Waals surface area contributed by atoms with Crippen LogP contribution < -0.4 is 19.7 Å². The Balaban J connectivity index is 1.61. The van der Waals surface area contributed by atoms with Gasteiger partial charge in [0.25, 0.3) is 0 Å². The van der Waals surface area contributed by atoms with E-state index in [2.05, 4.69) is 31.0 Å². The van der Waals surface area contributed by atoms with E-state index in [0.717, 1.165) is 22.0 Å². The van der Waals surface area contributed by atoms with E-state index in [1.807, 2.05) is 65.6 Å². The molecule has 1 fully saturated rings. The van der Waals surface area contributed by atoms with Gasteiger partial charge in [-0.2, -0.15) is 0 Å². The number of ether oxygens (including phenoxy) is 1. The first-order chi connectivity index (χ1) is 17.7. The highest BCUT2D eigenvalue weighted by Crippen LogP contribution is 2.44. The first kappa shape index (κ1) is 25.2. The van der Waals surface area contributed by atoms with Gasteiger partial charge in [0.05, 0.1) is 30.8 Å². The Hall–Kier alpha value is -3.41. The van der Waals surface area contributed by atoms with Gasteiger partial charge in [0.15, 0.2) is 5.11 Å². The number of pyridine rings is 1. The summed E-state index contributed by atoms with van der Waals surface area (Å²) in [5, 5.41) is 3.84. The number of halogens is 1. The molecule has 0 unspecified atom stereocenters. The van der Waals surface area contributed by atoms with Crippen molar-refractivity contribution >= 4 is 54.7 Å². The minimum atomic E-state index is -3.54. The molecule has 190 valence electrons. The van der Waals surface area contributed by atoms with Crippen molar-refractivity contribution in [2.24, 2.45) is 0 Å². The van der Waals surface area contributed by atoms with Crippen LogP contribution in [0.25, 0.3) is 11.3 Å². The number of benzene rings is 2. The molecule has 37 heavy (non-hydrogen) atoms. The van der Waals surface area contributed by atoms with Crippen LogP contribution in [0, 0.1) is 0 Å². The van der Waals surface area contributed by atoms with E-state index >= 15 is 0 Å². The molecule has 1 saturated heterocycles. The number of anilines is 2. The molecule has 0 radical (unpaired) electrons. The minimum absolute atomic E-state index is 0.306. The molecule has 11 heteroatoms. The molecule has 8 nitrogen and oxygen atoms in total. The summed E-state index contributed by atoms with van der Waals surface area (Å²) < 4.78 is 39.3. The number of nitrogens with one attached hydrogen (secondary N) is 2. The minimum Gasteiger partial charge on any atom is -0.495 e. The van der Waals surface area contributed by atoms with E-state index in [1.165, 1.54) is 7.11 Å². The van der Waals surface area contributed by atoms with Crippen molar-refractivity contribution in [3.63, 3.8) is 0 Å². The second-order valence-electron chi connectivity index (χ2n) is 8.46. The van der Waals surface area contributed by atoms with Crippen molar-refractivity contribution in [3.05, 3.63) is 94.9 Å². The average Bonchev–Trinajstić information content (AvgIpc) is 3.48. The van der Waals surface area contributed by atoms with E-state index in [9.17, 15) is 8.42 Å². The van der Waals surface area contributed by atoms with Crippen molar-refractivity contribution < 1.29 is 17.6 Å². The third-order valence-corrected chi connectivity index (χ3v) is 7.34. The van der Waals surface area contributed by atoms with E-state index in [4.69, 9.17) is 21.4 Å². The Morgan fingerprint density at radius 1 is 1.11 bits per heavy atom. The number of hydrogen-bond acceptors (Lipinski definition) is 6. The van der Waals surface area contributed by atoms with Crippen LogP contribution in [0.4, 0.5) is 11.4 Å². The fraction of sp³-hybridized carbons (Fsp3) is 0.154. The summed E-state index contributed by atoms with van der Waals surface area (Å²) in [6.07, 6.45) is 2.82. The number of sulfonamides is 1. The second kappa shape index (κ2) is 10.2. The van der Waals surface area contributed by atoms with Crippen LogP contribution in [0.2, 0.25) is 0 Å². The monoisotopic (exact) mass is 598 g/mol. The Morgan fingerprint density at radius 3 is 2.57 bits per heavy atom. The number of furan rings is 1. The molecule has 5 rings (SSSR count). The molecule has 2 aromatic carbocycles. The summed E-state index contributed by atoms with van der Waals surface area (Å²) in [7, 11) is -2.06. The molecule has 1 aliphatic rings. The molecule has 0 aliphatic carbocycles. The Bertz CT molecular complexity index is 1540. The fourth-order valence-electron chi connectivity index (χ4n) is 4.33. The topological polar surface area (TPSA) is 96.7 Å². The normalized spacial score (nSPS) is 17.5. The lowest BCUT2D eigenvalue weighted by atomic mass is 10.0. The molecule has 0 saturated carbocycles. The largest absolute Gasteiger partial charge is 0.495 e. The maximum Gasteiger partial charge on any atom is 0.229 e. The summed E-state index contributed by atoms with van der Waals surface area (Å²) >= 11 is 9.24. The van der Waals surface area contributed by atoms with Gasteiger partial charge in [0.1, 0.15) is 23.3 Å². The summed E-state index contributed by atoms with van der Waals surface area (Å²) in [5.41, 5.74) is 2.70. The lowest BCUT2D eigenvalue weighted by molar-refractivity contribution is 0.416. The number of hydrogen-bond donors (Lipinski definition) is 2. The second-order valence-corrected chi connectivity index (χ2v) is 11.5. The van der Waals surface area contributed by atoms with Gasteiger partial charge in [-0.1, -0.05) is 34.1 Å². The van der Waals surface area contributed by atoms with E-state index < -0.39 is 16.1 Å². The highest BCUT2D eigenvalue weighted by Gasteiger charge is 2.42. The van der Waals surface area contributed by atoms with Crippen LogP contribution in [0.5, 0.6) is 5.75 Å². The van der Waals surface area contributed by atoms with Crippen LogP contribution in [-0.2, 0) is 10.0 Å². The first-order valence-corrected chi connectivity index (χ1v) is 14.3. The van der Waals surface area contributed by atoms with Gasteiger partial charge < -0.3 is 19.4 Å². The van der Waals surface area contributed by atoms with Crippen molar-refractivity contribution in [1.82, 2.24) is 10.3 Å². The molecule has 0 spiro atoms. The Labute approximate surface area is 228 Å². The molecular weight excluding hydrogens is 576 g/mol. The Morgan fingerprint density at radius 2 is 1.89 bits per heavy atom. The number of nitrogens with zero attached hydrogens (tertiary/aromatic N) is 2. The lowest BCUT2D eigenvalue weighted by Crippen LogP contribution is -2.29.